The lowest BCUT2D eigenvalue weighted by Crippen LogP contribution is -1.87. The van der Waals surface area contributed by atoms with E-state index < -0.39 is 0 Å². The highest BCUT2D eigenvalue weighted by Gasteiger charge is 2.14. The van der Waals surface area contributed by atoms with Gasteiger partial charge in [0.25, 0.3) is 0 Å². The predicted molar refractivity (Wildman–Crippen MR) is 111 cm³/mol. The van der Waals surface area contributed by atoms with Crippen molar-refractivity contribution in [2.75, 3.05) is 0 Å². The van der Waals surface area contributed by atoms with E-state index in [-0.39, 0.29) is 0 Å². The van der Waals surface area contributed by atoms with Gasteiger partial charge in [-0.1, -0.05) is 60.7 Å². The van der Waals surface area contributed by atoms with Crippen LogP contribution in [0.15, 0.2) is 72.8 Å². The van der Waals surface area contributed by atoms with E-state index in [1.807, 2.05) is 11.3 Å². The lowest BCUT2D eigenvalue weighted by Gasteiger charge is -2.05. The van der Waals surface area contributed by atoms with Gasteiger partial charge in [-0.15, -0.1) is 11.3 Å². The fourth-order valence-corrected chi connectivity index (χ4v) is 5.50. The molecule has 2 heterocycles. The molecule has 118 valence electrons. The number of hydrogen-bond donors (Lipinski definition) is 0. The highest BCUT2D eigenvalue weighted by atomic mass is 32.1. The maximum absolute atomic E-state index is 2.34. The predicted octanol–water partition coefficient (Wildman–Crippen LogP) is 6.85. The first-order valence-electron chi connectivity index (χ1n) is 8.53. The van der Waals surface area contributed by atoms with Crippen LogP contribution >= 0.6 is 11.3 Å². The Kier molecular flexibility index (Phi) is 2.48. The van der Waals surface area contributed by atoms with Gasteiger partial charge in [-0.2, -0.15) is 0 Å². The van der Waals surface area contributed by atoms with Gasteiger partial charge in [-0.05, 0) is 12.1 Å². The third-order valence-corrected chi connectivity index (χ3v) is 6.62. The molecule has 4 aromatic carbocycles. The van der Waals surface area contributed by atoms with E-state index in [1.54, 1.807) is 0 Å². The minimum Gasteiger partial charge on any atom is -0.343 e. The molecule has 0 N–H and O–H groups in total. The second-order valence-corrected chi connectivity index (χ2v) is 7.73. The summed E-state index contributed by atoms with van der Waals surface area (Å²) in [6, 6.07) is 26.6. The van der Waals surface area contributed by atoms with Crippen LogP contribution in [0.4, 0.5) is 0 Å². The molecule has 0 spiro atoms. The average molecular weight is 337 g/mol. The van der Waals surface area contributed by atoms with Gasteiger partial charge >= 0.3 is 0 Å². The average Bonchev–Trinajstić information content (AvgIpc) is 3.18. The third kappa shape index (κ3) is 1.62. The fourth-order valence-electron chi connectivity index (χ4n) is 4.27. The van der Waals surface area contributed by atoms with E-state index in [9.17, 15) is 0 Å². The Hall–Kier alpha value is -2.84. The molecule has 0 atom stereocenters. The summed E-state index contributed by atoms with van der Waals surface area (Å²) in [5, 5.41) is 8.10. The molecule has 0 amide bonds. The van der Waals surface area contributed by atoms with E-state index in [0.29, 0.717) is 0 Å². The standard InChI is InChI=1S/C23H15NS/c1-24-20-8-4-2-6-14(20)16-10-13-19-17(22(16)24)11-12-18-15-7-3-5-9-21(15)25-23(18)19/h2-13H,1H3. The van der Waals surface area contributed by atoms with Crippen molar-refractivity contribution in [2.45, 2.75) is 0 Å². The number of aryl methyl sites for hydroxylation is 1. The van der Waals surface area contributed by atoms with Crippen LogP contribution < -0.4 is 0 Å². The Morgan fingerprint density at radius 3 is 2.04 bits per heavy atom. The second kappa shape index (κ2) is 4.62. The lowest BCUT2D eigenvalue weighted by molar-refractivity contribution is 1.02. The van der Waals surface area contributed by atoms with E-state index in [2.05, 4.69) is 84.4 Å². The van der Waals surface area contributed by atoms with Crippen LogP contribution in [-0.4, -0.2) is 4.57 Å². The van der Waals surface area contributed by atoms with Crippen molar-refractivity contribution in [3.8, 4) is 0 Å². The molecular formula is C23H15NS. The van der Waals surface area contributed by atoms with Gasteiger partial charge in [0.1, 0.15) is 0 Å². The molecule has 0 radical (unpaired) electrons. The third-order valence-electron chi connectivity index (χ3n) is 5.40. The molecule has 2 heteroatoms. The van der Waals surface area contributed by atoms with Crippen molar-refractivity contribution in [1.82, 2.24) is 4.57 Å². The molecule has 6 aromatic rings. The van der Waals surface area contributed by atoms with Gasteiger partial charge < -0.3 is 4.57 Å². The number of thiophene rings is 1. The highest BCUT2D eigenvalue weighted by molar-refractivity contribution is 7.26. The number of aromatic nitrogens is 1. The summed E-state index contributed by atoms with van der Waals surface area (Å²) in [6.45, 7) is 0. The van der Waals surface area contributed by atoms with E-state index >= 15 is 0 Å². The summed E-state index contributed by atoms with van der Waals surface area (Å²) in [7, 11) is 2.18. The molecule has 1 nitrogen and oxygen atoms in total. The molecule has 0 aliphatic heterocycles. The van der Waals surface area contributed by atoms with Crippen molar-refractivity contribution in [3.63, 3.8) is 0 Å². The van der Waals surface area contributed by atoms with Crippen molar-refractivity contribution >= 4 is 64.1 Å². The Balaban J connectivity index is 1.89. The van der Waals surface area contributed by atoms with Crippen LogP contribution in [-0.2, 0) is 7.05 Å². The molecule has 0 fully saturated rings. The Labute approximate surface area is 148 Å². The monoisotopic (exact) mass is 337 g/mol. The molecule has 0 saturated heterocycles. The van der Waals surface area contributed by atoms with Gasteiger partial charge in [-0.3, -0.25) is 0 Å². The van der Waals surface area contributed by atoms with Crippen LogP contribution in [0.1, 0.15) is 0 Å². The quantitative estimate of drug-likeness (QED) is 0.285. The zero-order valence-corrected chi connectivity index (χ0v) is 14.6. The van der Waals surface area contributed by atoms with Crippen LogP contribution in [0, 0.1) is 0 Å². The molecule has 0 unspecified atom stereocenters. The fraction of sp³-hybridized carbons (Fsp3) is 0.0435. The van der Waals surface area contributed by atoms with Crippen LogP contribution in [0.3, 0.4) is 0 Å². The van der Waals surface area contributed by atoms with Gasteiger partial charge in [0, 0.05) is 54.3 Å². The Bertz CT molecular complexity index is 1450. The topological polar surface area (TPSA) is 4.93 Å². The van der Waals surface area contributed by atoms with Crippen LogP contribution in [0.5, 0.6) is 0 Å². The number of benzene rings is 4. The number of hydrogen-bond acceptors (Lipinski definition) is 1. The lowest BCUT2D eigenvalue weighted by atomic mass is 10.0. The van der Waals surface area contributed by atoms with Gasteiger partial charge in [0.2, 0.25) is 0 Å². The number of para-hydroxylation sites is 1. The maximum Gasteiger partial charge on any atom is 0.0568 e. The smallest absolute Gasteiger partial charge is 0.0568 e. The first-order valence-corrected chi connectivity index (χ1v) is 9.35. The van der Waals surface area contributed by atoms with E-state index in [1.165, 1.54) is 52.8 Å². The summed E-state index contributed by atoms with van der Waals surface area (Å²) < 4.78 is 5.10. The van der Waals surface area contributed by atoms with Crippen molar-refractivity contribution in [1.29, 1.82) is 0 Å². The van der Waals surface area contributed by atoms with Crippen LogP contribution in [0.25, 0.3) is 52.8 Å². The molecule has 0 bridgehead atoms. The Morgan fingerprint density at radius 1 is 0.600 bits per heavy atom. The van der Waals surface area contributed by atoms with Gasteiger partial charge in [0.05, 0.1) is 5.52 Å². The zero-order chi connectivity index (χ0) is 16.5. The SMILES string of the molecule is Cn1c2ccccc2c2ccc3c(ccc4c5ccccc5sc43)c21. The first kappa shape index (κ1) is 13.5. The summed E-state index contributed by atoms with van der Waals surface area (Å²) in [5.74, 6) is 0. The minimum absolute atomic E-state index is 1.29. The zero-order valence-electron chi connectivity index (χ0n) is 13.8. The van der Waals surface area contributed by atoms with Gasteiger partial charge in [-0.25, -0.2) is 0 Å². The second-order valence-electron chi connectivity index (χ2n) is 6.67. The highest BCUT2D eigenvalue weighted by Crippen LogP contribution is 2.41. The van der Waals surface area contributed by atoms with E-state index in [4.69, 9.17) is 0 Å². The first-order chi connectivity index (χ1) is 12.3. The van der Waals surface area contributed by atoms with Crippen molar-refractivity contribution < 1.29 is 0 Å². The number of nitrogens with zero attached hydrogens (tertiary/aromatic N) is 1. The molecular weight excluding hydrogens is 322 g/mol. The van der Waals surface area contributed by atoms with Crippen molar-refractivity contribution in [2.24, 2.45) is 7.05 Å². The summed E-state index contributed by atoms with van der Waals surface area (Å²) >= 11 is 1.90. The minimum atomic E-state index is 1.29. The van der Waals surface area contributed by atoms with E-state index in [0.717, 1.165) is 0 Å². The molecule has 2 aromatic heterocycles. The summed E-state index contributed by atoms with van der Waals surface area (Å²) in [6.07, 6.45) is 0. The molecule has 0 aliphatic carbocycles. The number of fused-ring (bicyclic) bond motifs is 9. The number of rotatable bonds is 0. The largest absolute Gasteiger partial charge is 0.343 e. The van der Waals surface area contributed by atoms with Crippen molar-refractivity contribution in [3.05, 3.63) is 72.8 Å². The molecule has 0 aliphatic rings. The summed E-state index contributed by atoms with van der Waals surface area (Å²) in [4.78, 5) is 0. The van der Waals surface area contributed by atoms with Crippen LogP contribution in [0.2, 0.25) is 0 Å². The molecule has 0 saturated carbocycles. The maximum atomic E-state index is 2.34. The molecule has 25 heavy (non-hydrogen) atoms. The molecule has 6 rings (SSSR count). The van der Waals surface area contributed by atoms with Gasteiger partial charge in [0.15, 0.2) is 0 Å². The summed E-state index contributed by atoms with van der Waals surface area (Å²) in [5.41, 5.74) is 2.62. The normalized spacial score (nSPS) is 12.2. The Morgan fingerprint density at radius 2 is 1.20 bits per heavy atom.